The topological polar surface area (TPSA) is 99.1 Å². The molecule has 1 amide bonds. The molecular weight excluding hydrogens is 326 g/mol. The highest BCUT2D eigenvalue weighted by molar-refractivity contribution is 7.90. The van der Waals surface area contributed by atoms with Crippen molar-refractivity contribution in [2.75, 3.05) is 11.1 Å². The Hall–Kier alpha value is -1.91. The lowest BCUT2D eigenvalue weighted by molar-refractivity contribution is -0.113. The Labute approximate surface area is 143 Å². The molecule has 1 aliphatic rings. The molecule has 2 N–H and O–H groups in total. The van der Waals surface area contributed by atoms with Gasteiger partial charge in [0.15, 0.2) is 0 Å². The number of carbonyl (C=O) groups is 1. The van der Waals surface area contributed by atoms with Crippen LogP contribution < -0.4 is 10.0 Å². The van der Waals surface area contributed by atoms with Gasteiger partial charge in [-0.15, -0.1) is 0 Å². The van der Waals surface area contributed by atoms with Crippen molar-refractivity contribution in [3.05, 3.63) is 29.8 Å². The van der Waals surface area contributed by atoms with E-state index in [1.807, 2.05) is 6.07 Å². The fourth-order valence-corrected chi connectivity index (χ4v) is 4.08. The van der Waals surface area contributed by atoms with Gasteiger partial charge in [-0.3, -0.25) is 4.79 Å². The van der Waals surface area contributed by atoms with E-state index in [-0.39, 0.29) is 6.04 Å². The molecule has 0 radical (unpaired) electrons. The maximum atomic E-state index is 12.1. The van der Waals surface area contributed by atoms with E-state index in [1.54, 1.807) is 24.3 Å². The van der Waals surface area contributed by atoms with Crippen molar-refractivity contribution < 1.29 is 13.2 Å². The van der Waals surface area contributed by atoms with Gasteiger partial charge < -0.3 is 5.32 Å². The second-order valence-corrected chi connectivity index (χ2v) is 8.17. The molecule has 130 valence electrons. The van der Waals surface area contributed by atoms with Crippen LogP contribution in [0.2, 0.25) is 0 Å². The lowest BCUT2D eigenvalue weighted by Crippen LogP contribution is -2.41. The summed E-state index contributed by atoms with van der Waals surface area (Å²) in [7, 11) is -3.64. The van der Waals surface area contributed by atoms with Crippen LogP contribution in [-0.4, -0.2) is 26.1 Å². The highest BCUT2D eigenvalue weighted by atomic mass is 32.2. The number of hydrogen-bond donors (Lipinski definition) is 2. The lowest BCUT2D eigenvalue weighted by atomic mass is 9.88. The first-order valence-electron chi connectivity index (χ1n) is 8.13. The van der Waals surface area contributed by atoms with Gasteiger partial charge in [0.25, 0.3) is 0 Å². The van der Waals surface area contributed by atoms with Gasteiger partial charge in [0.05, 0.1) is 12.5 Å². The Morgan fingerprint density at radius 2 is 1.83 bits per heavy atom. The van der Waals surface area contributed by atoms with Crippen molar-refractivity contribution in [2.45, 2.75) is 45.1 Å². The van der Waals surface area contributed by atoms with E-state index in [0.29, 0.717) is 18.0 Å². The van der Waals surface area contributed by atoms with Crippen molar-refractivity contribution in [2.24, 2.45) is 5.92 Å². The van der Waals surface area contributed by atoms with E-state index in [4.69, 9.17) is 5.26 Å². The highest BCUT2D eigenvalue weighted by Gasteiger charge is 2.24. The maximum Gasteiger partial charge on any atom is 0.240 e. The minimum absolute atomic E-state index is 0.0655. The van der Waals surface area contributed by atoms with Crippen LogP contribution in [0.3, 0.4) is 0 Å². The summed E-state index contributed by atoms with van der Waals surface area (Å²) in [6.45, 7) is 2.17. The summed E-state index contributed by atoms with van der Waals surface area (Å²) in [5.41, 5.74) is 1.36. The molecule has 7 heteroatoms. The van der Waals surface area contributed by atoms with Gasteiger partial charge in [-0.05, 0) is 49.3 Å². The zero-order valence-electron chi connectivity index (χ0n) is 13.8. The summed E-state index contributed by atoms with van der Waals surface area (Å²) < 4.78 is 26.9. The normalized spacial score (nSPS) is 21.0. The number of benzene rings is 1. The standard InChI is InChI=1S/C17H23N3O3S/c1-13-2-6-16(7-3-13)20-24(22,23)12-17(21)19-15-8-4-14(5-9-15)10-11-18/h4-5,8-9,13,16,20H,2-3,6-7,10,12H2,1H3,(H,19,21). The summed E-state index contributed by atoms with van der Waals surface area (Å²) in [6.07, 6.45) is 3.96. The average molecular weight is 349 g/mol. The summed E-state index contributed by atoms with van der Waals surface area (Å²) in [5, 5.41) is 11.2. The average Bonchev–Trinajstić information content (AvgIpc) is 2.51. The number of nitrogens with one attached hydrogen (secondary N) is 2. The molecule has 2 rings (SSSR count). The zero-order valence-corrected chi connectivity index (χ0v) is 14.6. The van der Waals surface area contributed by atoms with Crippen molar-refractivity contribution in [1.29, 1.82) is 5.26 Å². The van der Waals surface area contributed by atoms with Gasteiger partial charge in [-0.1, -0.05) is 19.1 Å². The SMILES string of the molecule is CC1CCC(NS(=O)(=O)CC(=O)Nc2ccc(CC#N)cc2)CC1. The molecule has 0 heterocycles. The zero-order chi connectivity index (χ0) is 17.6. The van der Waals surface area contributed by atoms with E-state index >= 15 is 0 Å². The van der Waals surface area contributed by atoms with Crippen LogP contribution in [0.4, 0.5) is 5.69 Å². The van der Waals surface area contributed by atoms with Gasteiger partial charge in [0, 0.05) is 11.7 Å². The molecular formula is C17H23N3O3S. The number of sulfonamides is 1. The number of anilines is 1. The lowest BCUT2D eigenvalue weighted by Gasteiger charge is -2.26. The molecule has 1 aromatic carbocycles. The van der Waals surface area contributed by atoms with Crippen molar-refractivity contribution in [3.63, 3.8) is 0 Å². The number of nitriles is 1. The number of carbonyl (C=O) groups excluding carboxylic acids is 1. The minimum atomic E-state index is -3.64. The molecule has 1 aromatic rings. The Morgan fingerprint density at radius 1 is 1.21 bits per heavy atom. The smallest absolute Gasteiger partial charge is 0.240 e. The fraction of sp³-hybridized carbons (Fsp3) is 0.529. The fourth-order valence-electron chi connectivity index (χ4n) is 2.84. The van der Waals surface area contributed by atoms with Crippen LogP contribution in [0, 0.1) is 17.2 Å². The van der Waals surface area contributed by atoms with Crippen molar-refractivity contribution in [3.8, 4) is 6.07 Å². The summed E-state index contributed by atoms with van der Waals surface area (Å²) in [5.74, 6) is -0.517. The first-order valence-corrected chi connectivity index (χ1v) is 9.79. The van der Waals surface area contributed by atoms with Crippen LogP contribution in [-0.2, 0) is 21.2 Å². The quantitative estimate of drug-likeness (QED) is 0.822. The predicted octanol–water partition coefficient (Wildman–Crippen LogP) is 2.19. The predicted molar refractivity (Wildman–Crippen MR) is 92.7 cm³/mol. The largest absolute Gasteiger partial charge is 0.325 e. The Balaban J connectivity index is 1.85. The van der Waals surface area contributed by atoms with E-state index in [9.17, 15) is 13.2 Å². The number of hydrogen-bond acceptors (Lipinski definition) is 4. The third-order valence-corrected chi connectivity index (χ3v) is 5.54. The van der Waals surface area contributed by atoms with Gasteiger partial charge in [0.1, 0.15) is 5.75 Å². The molecule has 0 spiro atoms. The van der Waals surface area contributed by atoms with E-state index in [0.717, 1.165) is 31.2 Å². The number of nitrogens with zero attached hydrogens (tertiary/aromatic N) is 1. The van der Waals surface area contributed by atoms with Crippen LogP contribution in [0.15, 0.2) is 24.3 Å². The molecule has 0 saturated heterocycles. The summed E-state index contributed by atoms with van der Waals surface area (Å²) in [4.78, 5) is 11.9. The monoisotopic (exact) mass is 349 g/mol. The molecule has 1 saturated carbocycles. The van der Waals surface area contributed by atoms with Crippen molar-refractivity contribution >= 4 is 21.6 Å². The molecule has 6 nitrogen and oxygen atoms in total. The second kappa shape index (κ2) is 8.27. The van der Waals surface area contributed by atoms with E-state index in [2.05, 4.69) is 17.0 Å². The molecule has 1 aliphatic carbocycles. The van der Waals surface area contributed by atoms with Gasteiger partial charge >= 0.3 is 0 Å². The third kappa shape index (κ3) is 5.95. The highest BCUT2D eigenvalue weighted by Crippen LogP contribution is 2.23. The van der Waals surface area contributed by atoms with E-state index in [1.165, 1.54) is 0 Å². The van der Waals surface area contributed by atoms with Crippen molar-refractivity contribution in [1.82, 2.24) is 4.72 Å². The van der Waals surface area contributed by atoms with E-state index < -0.39 is 21.7 Å². The minimum Gasteiger partial charge on any atom is -0.325 e. The Morgan fingerprint density at radius 3 is 2.42 bits per heavy atom. The third-order valence-electron chi connectivity index (χ3n) is 4.20. The molecule has 24 heavy (non-hydrogen) atoms. The number of amides is 1. The van der Waals surface area contributed by atoms with Gasteiger partial charge in [-0.2, -0.15) is 5.26 Å². The number of rotatable bonds is 6. The molecule has 1 fully saturated rings. The van der Waals surface area contributed by atoms with Gasteiger partial charge in [0.2, 0.25) is 15.9 Å². The Bertz CT molecular complexity index is 700. The molecule has 0 atom stereocenters. The second-order valence-electron chi connectivity index (χ2n) is 6.41. The molecule has 0 aromatic heterocycles. The summed E-state index contributed by atoms with van der Waals surface area (Å²) in [6, 6.07) is 8.76. The maximum absolute atomic E-state index is 12.1. The Kier molecular flexibility index (Phi) is 6.35. The summed E-state index contributed by atoms with van der Waals surface area (Å²) >= 11 is 0. The van der Waals surface area contributed by atoms with Crippen LogP contribution in [0.1, 0.15) is 38.2 Å². The molecule has 0 bridgehead atoms. The van der Waals surface area contributed by atoms with Crippen LogP contribution in [0.5, 0.6) is 0 Å². The van der Waals surface area contributed by atoms with Crippen LogP contribution >= 0.6 is 0 Å². The molecule has 0 unspecified atom stereocenters. The molecule has 0 aliphatic heterocycles. The van der Waals surface area contributed by atoms with Crippen LogP contribution in [0.25, 0.3) is 0 Å². The first-order chi connectivity index (χ1) is 11.4. The van der Waals surface area contributed by atoms with Gasteiger partial charge in [-0.25, -0.2) is 13.1 Å². The first kappa shape index (κ1) is 18.4.